The van der Waals surface area contributed by atoms with Crippen molar-refractivity contribution in [2.75, 3.05) is 26.3 Å². The van der Waals surface area contributed by atoms with Gasteiger partial charge in [0.15, 0.2) is 0 Å². The Kier molecular flexibility index (Phi) is 9.49. The largest absolute Gasteiger partial charge is 0.380 e. The van der Waals surface area contributed by atoms with Crippen LogP contribution in [-0.2, 0) is 4.74 Å². The summed E-state index contributed by atoms with van der Waals surface area (Å²) in [6.07, 6.45) is 4.07. The second kappa shape index (κ2) is 9.75. The number of nitrogens with one attached hydrogen (secondary N) is 1. The van der Waals surface area contributed by atoms with Gasteiger partial charge in [-0.2, -0.15) is 0 Å². The maximum Gasteiger partial charge on any atom is 0.0591 e. The number of hydrogen-bond donors (Lipinski definition) is 1. The Hall–Kier alpha value is -0.340. The van der Waals surface area contributed by atoms with Gasteiger partial charge in [-0.3, -0.25) is 0 Å². The first-order valence-electron chi connectivity index (χ1n) is 5.20. The number of rotatable bonds is 9. The summed E-state index contributed by atoms with van der Waals surface area (Å²) in [4.78, 5) is 0. The highest BCUT2D eigenvalue weighted by Gasteiger charge is 1.96. The summed E-state index contributed by atoms with van der Waals surface area (Å²) < 4.78 is 5.36. The van der Waals surface area contributed by atoms with E-state index in [-0.39, 0.29) is 0 Å². The van der Waals surface area contributed by atoms with Gasteiger partial charge in [-0.25, -0.2) is 0 Å². The van der Waals surface area contributed by atoms with Gasteiger partial charge in [0.05, 0.1) is 13.2 Å². The van der Waals surface area contributed by atoms with E-state index in [9.17, 15) is 0 Å². The molecule has 0 saturated carbocycles. The lowest BCUT2D eigenvalue weighted by Gasteiger charge is -2.09. The molecule has 2 heteroatoms. The molecule has 13 heavy (non-hydrogen) atoms. The smallest absolute Gasteiger partial charge is 0.0591 e. The highest BCUT2D eigenvalue weighted by molar-refractivity contribution is 4.64. The molecular weight excluding hydrogens is 162 g/mol. The molecule has 1 unspecified atom stereocenters. The van der Waals surface area contributed by atoms with Gasteiger partial charge in [0.2, 0.25) is 0 Å². The molecule has 0 aromatic heterocycles. The SMILES string of the molecule is C=CCCOCCNCC(C)CC. The van der Waals surface area contributed by atoms with Gasteiger partial charge in [0.25, 0.3) is 0 Å². The fourth-order valence-corrected chi connectivity index (χ4v) is 0.906. The summed E-state index contributed by atoms with van der Waals surface area (Å²) in [5, 5.41) is 3.36. The lowest BCUT2D eigenvalue weighted by molar-refractivity contribution is 0.140. The zero-order valence-corrected chi connectivity index (χ0v) is 9.01. The average Bonchev–Trinajstić information content (AvgIpc) is 2.16. The maximum absolute atomic E-state index is 5.36. The second-order valence-corrected chi connectivity index (χ2v) is 3.41. The van der Waals surface area contributed by atoms with Crippen LogP contribution in [0.2, 0.25) is 0 Å². The minimum absolute atomic E-state index is 0.771. The van der Waals surface area contributed by atoms with Crippen LogP contribution in [0.1, 0.15) is 26.7 Å². The topological polar surface area (TPSA) is 21.3 Å². The average molecular weight is 185 g/mol. The molecule has 2 nitrogen and oxygen atoms in total. The first kappa shape index (κ1) is 12.7. The first-order chi connectivity index (χ1) is 6.31. The Morgan fingerprint density at radius 1 is 1.46 bits per heavy atom. The predicted octanol–water partition coefficient (Wildman–Crippen LogP) is 2.21. The summed E-state index contributed by atoms with van der Waals surface area (Å²) in [5.74, 6) is 0.771. The molecule has 1 atom stereocenters. The molecule has 0 heterocycles. The van der Waals surface area contributed by atoms with Gasteiger partial charge < -0.3 is 10.1 Å². The van der Waals surface area contributed by atoms with Crippen molar-refractivity contribution >= 4 is 0 Å². The van der Waals surface area contributed by atoms with Gasteiger partial charge in [0, 0.05) is 6.54 Å². The van der Waals surface area contributed by atoms with E-state index in [4.69, 9.17) is 4.74 Å². The molecule has 0 rings (SSSR count). The van der Waals surface area contributed by atoms with E-state index in [1.165, 1.54) is 6.42 Å². The van der Waals surface area contributed by atoms with Crippen LogP contribution in [0.15, 0.2) is 12.7 Å². The molecule has 0 amide bonds. The second-order valence-electron chi connectivity index (χ2n) is 3.41. The Balaban J connectivity index is 2.95. The first-order valence-corrected chi connectivity index (χ1v) is 5.20. The summed E-state index contributed by atoms with van der Waals surface area (Å²) in [6, 6.07) is 0. The zero-order chi connectivity index (χ0) is 9.94. The molecule has 0 spiro atoms. The fraction of sp³-hybridized carbons (Fsp3) is 0.818. The minimum Gasteiger partial charge on any atom is -0.380 e. The molecule has 1 N–H and O–H groups in total. The Morgan fingerprint density at radius 2 is 2.23 bits per heavy atom. The molecule has 0 fully saturated rings. The molecule has 0 aliphatic carbocycles. The van der Waals surface area contributed by atoms with Crippen LogP contribution < -0.4 is 5.32 Å². The number of ether oxygens (including phenoxy) is 1. The van der Waals surface area contributed by atoms with Gasteiger partial charge in [0.1, 0.15) is 0 Å². The third-order valence-corrected chi connectivity index (χ3v) is 2.08. The molecule has 0 aliphatic heterocycles. The highest BCUT2D eigenvalue weighted by Crippen LogP contribution is 1.96. The van der Waals surface area contributed by atoms with Crippen LogP contribution in [0, 0.1) is 5.92 Å². The van der Waals surface area contributed by atoms with Crippen molar-refractivity contribution in [2.45, 2.75) is 26.7 Å². The van der Waals surface area contributed by atoms with E-state index in [1.54, 1.807) is 0 Å². The van der Waals surface area contributed by atoms with Crippen LogP contribution in [0.3, 0.4) is 0 Å². The fourth-order valence-electron chi connectivity index (χ4n) is 0.906. The van der Waals surface area contributed by atoms with Crippen LogP contribution in [0.4, 0.5) is 0 Å². The Bertz CT molecular complexity index is 115. The normalized spacial score (nSPS) is 12.8. The van der Waals surface area contributed by atoms with Gasteiger partial charge in [-0.1, -0.05) is 26.3 Å². The lowest BCUT2D eigenvalue weighted by Crippen LogP contribution is -2.24. The molecule has 0 aromatic rings. The van der Waals surface area contributed by atoms with Crippen LogP contribution in [-0.4, -0.2) is 26.3 Å². The Morgan fingerprint density at radius 3 is 2.85 bits per heavy atom. The third-order valence-electron chi connectivity index (χ3n) is 2.08. The van der Waals surface area contributed by atoms with Crippen LogP contribution >= 0.6 is 0 Å². The van der Waals surface area contributed by atoms with Gasteiger partial charge in [-0.15, -0.1) is 6.58 Å². The van der Waals surface area contributed by atoms with Crippen molar-refractivity contribution < 1.29 is 4.74 Å². The van der Waals surface area contributed by atoms with E-state index in [1.807, 2.05) is 6.08 Å². The molecule has 0 radical (unpaired) electrons. The quantitative estimate of drug-likeness (QED) is 0.439. The van der Waals surface area contributed by atoms with Crippen molar-refractivity contribution in [3.8, 4) is 0 Å². The summed E-state index contributed by atoms with van der Waals surface area (Å²) in [6.45, 7) is 11.8. The molecule has 78 valence electrons. The molecule has 0 aromatic carbocycles. The lowest BCUT2D eigenvalue weighted by atomic mass is 10.1. The zero-order valence-electron chi connectivity index (χ0n) is 9.01. The molecule has 0 bridgehead atoms. The summed E-state index contributed by atoms with van der Waals surface area (Å²) >= 11 is 0. The maximum atomic E-state index is 5.36. The predicted molar refractivity (Wildman–Crippen MR) is 58.0 cm³/mol. The minimum atomic E-state index is 0.771. The van der Waals surface area contributed by atoms with Crippen molar-refractivity contribution in [3.63, 3.8) is 0 Å². The summed E-state index contributed by atoms with van der Waals surface area (Å²) in [5.41, 5.74) is 0. The highest BCUT2D eigenvalue weighted by atomic mass is 16.5. The van der Waals surface area contributed by atoms with Crippen molar-refractivity contribution in [1.29, 1.82) is 0 Å². The van der Waals surface area contributed by atoms with Crippen LogP contribution in [0.25, 0.3) is 0 Å². The summed E-state index contributed by atoms with van der Waals surface area (Å²) in [7, 11) is 0. The molecule has 0 aliphatic rings. The third kappa shape index (κ3) is 9.57. The monoisotopic (exact) mass is 185 g/mol. The molecular formula is C11H23NO. The van der Waals surface area contributed by atoms with Crippen molar-refractivity contribution in [1.82, 2.24) is 5.32 Å². The van der Waals surface area contributed by atoms with Gasteiger partial charge in [-0.05, 0) is 18.9 Å². The molecule has 0 saturated heterocycles. The van der Waals surface area contributed by atoms with E-state index in [0.717, 1.165) is 38.6 Å². The van der Waals surface area contributed by atoms with Crippen molar-refractivity contribution in [3.05, 3.63) is 12.7 Å². The van der Waals surface area contributed by atoms with E-state index >= 15 is 0 Å². The van der Waals surface area contributed by atoms with Crippen LogP contribution in [0.5, 0.6) is 0 Å². The number of hydrogen-bond acceptors (Lipinski definition) is 2. The van der Waals surface area contributed by atoms with Gasteiger partial charge >= 0.3 is 0 Å². The standard InChI is InChI=1S/C11H23NO/c1-4-6-8-13-9-7-12-10-11(3)5-2/h4,11-12H,1,5-10H2,2-3H3. The Labute approximate surface area is 82.4 Å². The van der Waals surface area contributed by atoms with E-state index in [0.29, 0.717) is 0 Å². The van der Waals surface area contributed by atoms with E-state index in [2.05, 4.69) is 25.7 Å². The van der Waals surface area contributed by atoms with E-state index < -0.39 is 0 Å². The van der Waals surface area contributed by atoms with Crippen molar-refractivity contribution in [2.24, 2.45) is 5.92 Å².